The maximum absolute atomic E-state index is 10.1. The van der Waals surface area contributed by atoms with E-state index < -0.39 is 0 Å². The highest BCUT2D eigenvalue weighted by atomic mass is 16.5. The van der Waals surface area contributed by atoms with Crippen LogP contribution in [0.15, 0.2) is 24.8 Å². The van der Waals surface area contributed by atoms with Gasteiger partial charge in [0.05, 0.1) is 13.2 Å². The second-order valence-electron chi connectivity index (χ2n) is 5.53. The Bertz CT molecular complexity index is 487. The van der Waals surface area contributed by atoms with Crippen molar-refractivity contribution in [2.24, 2.45) is 0 Å². The first-order valence-electron chi connectivity index (χ1n) is 7.42. The van der Waals surface area contributed by atoms with Gasteiger partial charge in [0.25, 0.3) is 0 Å². The summed E-state index contributed by atoms with van der Waals surface area (Å²) in [6.45, 7) is 6.63. The number of rotatable bonds is 6. The molecule has 4 nitrogen and oxygen atoms in total. The molecule has 0 saturated carbocycles. The molecule has 21 heavy (non-hydrogen) atoms. The maximum Gasteiger partial charge on any atom is 0.161 e. The van der Waals surface area contributed by atoms with Crippen LogP contribution in [0.5, 0.6) is 11.5 Å². The monoisotopic (exact) mass is 291 g/mol. The van der Waals surface area contributed by atoms with Gasteiger partial charge >= 0.3 is 0 Å². The summed E-state index contributed by atoms with van der Waals surface area (Å²) in [5.74, 6) is 0.749. The molecule has 1 aromatic carbocycles. The van der Waals surface area contributed by atoms with Crippen molar-refractivity contribution in [2.45, 2.75) is 31.9 Å². The van der Waals surface area contributed by atoms with E-state index in [-0.39, 0.29) is 5.75 Å². The van der Waals surface area contributed by atoms with E-state index >= 15 is 0 Å². The molecule has 4 heteroatoms. The number of piperidine rings is 1. The Hall–Kier alpha value is -1.52. The van der Waals surface area contributed by atoms with E-state index in [9.17, 15) is 5.11 Å². The highest BCUT2D eigenvalue weighted by Gasteiger charge is 2.20. The lowest BCUT2D eigenvalue weighted by Gasteiger charge is -2.32. The molecule has 0 aliphatic carbocycles. The first kappa shape index (κ1) is 15.9. The van der Waals surface area contributed by atoms with Crippen molar-refractivity contribution in [3.05, 3.63) is 35.9 Å². The lowest BCUT2D eigenvalue weighted by Crippen LogP contribution is -2.38. The van der Waals surface area contributed by atoms with Gasteiger partial charge in [-0.25, -0.2) is 0 Å². The Morgan fingerprint density at radius 1 is 1.43 bits per heavy atom. The standard InChI is InChI=1S/C17H25NO3/c1-4-6-14-9-13(10-16(21-3)17(14)19)11-18-8-5-7-15(12-18)20-2/h4,9-10,15,19H,1,5-8,11-12H2,2-3H3/t15-/m1/s1. The number of aromatic hydroxyl groups is 1. The number of ether oxygens (including phenoxy) is 2. The lowest BCUT2D eigenvalue weighted by atomic mass is 10.0. The number of phenols is 1. The van der Waals surface area contributed by atoms with Crippen molar-refractivity contribution in [3.8, 4) is 11.5 Å². The van der Waals surface area contributed by atoms with Crippen LogP contribution in [0.4, 0.5) is 0 Å². The molecule has 116 valence electrons. The highest BCUT2D eigenvalue weighted by molar-refractivity contribution is 5.49. The summed E-state index contributed by atoms with van der Waals surface area (Å²) in [5.41, 5.74) is 2.01. The van der Waals surface area contributed by atoms with Crippen LogP contribution in [0.1, 0.15) is 24.0 Å². The molecule has 0 unspecified atom stereocenters. The van der Waals surface area contributed by atoms with Gasteiger partial charge in [0.15, 0.2) is 11.5 Å². The number of methoxy groups -OCH3 is 2. The van der Waals surface area contributed by atoms with E-state index in [0.29, 0.717) is 18.3 Å². The van der Waals surface area contributed by atoms with E-state index in [1.54, 1.807) is 20.3 Å². The third-order valence-electron chi connectivity index (χ3n) is 4.00. The molecule has 0 radical (unpaired) electrons. The predicted octanol–water partition coefficient (Wildman–Crippen LogP) is 2.74. The topological polar surface area (TPSA) is 41.9 Å². The van der Waals surface area contributed by atoms with Crippen LogP contribution in [-0.4, -0.2) is 43.4 Å². The number of hydrogen-bond donors (Lipinski definition) is 1. The molecule has 1 heterocycles. The number of phenolic OH excluding ortho intramolecular Hbond substituents is 1. The van der Waals surface area contributed by atoms with Gasteiger partial charge in [0.1, 0.15) is 0 Å². The molecule has 0 bridgehead atoms. The van der Waals surface area contributed by atoms with E-state index in [1.165, 1.54) is 0 Å². The fraction of sp³-hybridized carbons (Fsp3) is 0.529. The van der Waals surface area contributed by atoms with Gasteiger partial charge in [-0.1, -0.05) is 12.1 Å². The minimum atomic E-state index is 0.217. The van der Waals surface area contributed by atoms with Crippen molar-refractivity contribution in [1.82, 2.24) is 4.90 Å². The molecular formula is C17H25NO3. The summed E-state index contributed by atoms with van der Waals surface area (Å²) >= 11 is 0. The average molecular weight is 291 g/mol. The first-order valence-corrected chi connectivity index (χ1v) is 7.42. The molecule has 1 aliphatic heterocycles. The molecule has 1 saturated heterocycles. The van der Waals surface area contributed by atoms with Crippen molar-refractivity contribution in [3.63, 3.8) is 0 Å². The Morgan fingerprint density at radius 3 is 2.90 bits per heavy atom. The predicted molar refractivity (Wildman–Crippen MR) is 83.9 cm³/mol. The van der Waals surface area contributed by atoms with Gasteiger partial charge in [0, 0.05) is 25.8 Å². The molecule has 1 aromatic rings. The van der Waals surface area contributed by atoms with Crippen molar-refractivity contribution < 1.29 is 14.6 Å². The minimum absolute atomic E-state index is 0.217. The summed E-state index contributed by atoms with van der Waals surface area (Å²) in [7, 11) is 3.36. The fourth-order valence-electron chi connectivity index (χ4n) is 2.89. The Balaban J connectivity index is 2.15. The smallest absolute Gasteiger partial charge is 0.161 e. The zero-order valence-corrected chi connectivity index (χ0v) is 13.0. The van der Waals surface area contributed by atoms with Crippen LogP contribution < -0.4 is 4.74 Å². The van der Waals surface area contributed by atoms with E-state index in [4.69, 9.17) is 9.47 Å². The Kier molecular flexibility index (Phi) is 5.65. The fourth-order valence-corrected chi connectivity index (χ4v) is 2.89. The van der Waals surface area contributed by atoms with Crippen molar-refractivity contribution >= 4 is 0 Å². The summed E-state index contributed by atoms with van der Waals surface area (Å²) in [6, 6.07) is 3.95. The van der Waals surface area contributed by atoms with Crippen LogP contribution in [0.2, 0.25) is 0 Å². The molecule has 0 spiro atoms. The van der Waals surface area contributed by atoms with Crippen LogP contribution >= 0.6 is 0 Å². The van der Waals surface area contributed by atoms with Crippen LogP contribution in [-0.2, 0) is 17.7 Å². The van der Waals surface area contributed by atoms with Gasteiger partial charge < -0.3 is 14.6 Å². The number of nitrogens with zero attached hydrogens (tertiary/aromatic N) is 1. The van der Waals surface area contributed by atoms with Gasteiger partial charge in [0.2, 0.25) is 0 Å². The lowest BCUT2D eigenvalue weighted by molar-refractivity contribution is 0.0285. The summed E-state index contributed by atoms with van der Waals surface area (Å²) in [6.07, 6.45) is 5.04. The van der Waals surface area contributed by atoms with Crippen molar-refractivity contribution in [1.29, 1.82) is 0 Å². The van der Waals surface area contributed by atoms with Gasteiger partial charge in [-0.15, -0.1) is 6.58 Å². The van der Waals surface area contributed by atoms with Crippen LogP contribution in [0.3, 0.4) is 0 Å². The van der Waals surface area contributed by atoms with E-state index in [1.807, 2.05) is 12.1 Å². The molecule has 1 N–H and O–H groups in total. The summed E-state index contributed by atoms with van der Waals surface area (Å²) in [5, 5.41) is 10.1. The molecule has 0 aromatic heterocycles. The largest absolute Gasteiger partial charge is 0.504 e. The van der Waals surface area contributed by atoms with Crippen LogP contribution in [0.25, 0.3) is 0 Å². The van der Waals surface area contributed by atoms with Crippen molar-refractivity contribution in [2.75, 3.05) is 27.3 Å². The van der Waals surface area contributed by atoms with Gasteiger partial charge in [-0.3, -0.25) is 4.90 Å². The molecule has 0 amide bonds. The number of hydrogen-bond acceptors (Lipinski definition) is 4. The zero-order chi connectivity index (χ0) is 15.2. The molecular weight excluding hydrogens is 266 g/mol. The normalized spacial score (nSPS) is 19.4. The van der Waals surface area contributed by atoms with E-state index in [2.05, 4.69) is 11.5 Å². The zero-order valence-electron chi connectivity index (χ0n) is 13.0. The second-order valence-corrected chi connectivity index (χ2v) is 5.53. The quantitative estimate of drug-likeness (QED) is 0.818. The SMILES string of the molecule is C=CCc1cc(CN2CCC[C@@H](OC)C2)cc(OC)c1O. The maximum atomic E-state index is 10.1. The highest BCUT2D eigenvalue weighted by Crippen LogP contribution is 2.32. The van der Waals surface area contributed by atoms with Crippen LogP contribution in [0, 0.1) is 0 Å². The third kappa shape index (κ3) is 3.99. The summed E-state index contributed by atoms with van der Waals surface area (Å²) < 4.78 is 10.7. The number of allylic oxidation sites excluding steroid dienone is 1. The first-order chi connectivity index (χ1) is 10.2. The van der Waals surface area contributed by atoms with Gasteiger partial charge in [-0.2, -0.15) is 0 Å². The number of benzene rings is 1. The Morgan fingerprint density at radius 2 is 2.24 bits per heavy atom. The minimum Gasteiger partial charge on any atom is -0.504 e. The van der Waals surface area contributed by atoms with Gasteiger partial charge in [-0.05, 0) is 37.4 Å². The second kappa shape index (κ2) is 7.48. The molecule has 2 rings (SSSR count). The summed E-state index contributed by atoms with van der Waals surface area (Å²) in [4.78, 5) is 2.39. The number of likely N-dealkylation sites (tertiary alicyclic amines) is 1. The third-order valence-corrected chi connectivity index (χ3v) is 4.00. The Labute approximate surface area is 127 Å². The van der Waals surface area contributed by atoms with E-state index in [0.717, 1.165) is 43.6 Å². The average Bonchev–Trinajstić information content (AvgIpc) is 2.50. The molecule has 1 fully saturated rings. The molecule has 1 aliphatic rings. The molecule has 1 atom stereocenters.